The number of benzene rings is 1. The van der Waals surface area contributed by atoms with Crippen molar-refractivity contribution in [2.45, 2.75) is 12.8 Å². The lowest BCUT2D eigenvalue weighted by atomic mass is 10.1. The normalized spacial score (nSPS) is 10.1. The third-order valence-electron chi connectivity index (χ3n) is 2.21. The highest BCUT2D eigenvalue weighted by atomic mass is 127. The predicted molar refractivity (Wildman–Crippen MR) is 69.6 cm³/mol. The van der Waals surface area contributed by atoms with Crippen molar-refractivity contribution in [3.05, 3.63) is 21.3 Å². The molecule has 0 heterocycles. The Kier molecular flexibility index (Phi) is 5.17. The van der Waals surface area contributed by atoms with Crippen LogP contribution in [0.15, 0.2) is 12.1 Å². The molecule has 1 rings (SSSR count). The van der Waals surface area contributed by atoms with Gasteiger partial charge in [-0.3, -0.25) is 0 Å². The fraction of sp³-hybridized carbons (Fsp3) is 0.455. The monoisotopic (exact) mass is 321 g/mol. The Labute approximate surface area is 104 Å². The molecule has 0 unspecified atom stereocenters. The largest absolute Gasteiger partial charge is 0.496 e. The third kappa shape index (κ3) is 3.24. The summed E-state index contributed by atoms with van der Waals surface area (Å²) in [5.74, 6) is 1.80. The summed E-state index contributed by atoms with van der Waals surface area (Å²) in [4.78, 5) is 0. The van der Waals surface area contributed by atoms with Gasteiger partial charge in [0, 0.05) is 0 Å². The highest BCUT2D eigenvalue weighted by molar-refractivity contribution is 14.1. The lowest BCUT2D eigenvalue weighted by Gasteiger charge is -2.11. The molecule has 1 aromatic rings. The first kappa shape index (κ1) is 12.6. The Hall–Kier alpha value is -0.490. The fourth-order valence-corrected chi connectivity index (χ4v) is 2.07. The van der Waals surface area contributed by atoms with Crippen molar-refractivity contribution in [3.8, 4) is 11.5 Å². The standard InChI is InChI=1S/C11H16INO2/c1-14-10-7-9(12)11(15-2)6-8(10)4-3-5-13/h6-7H,3-5,13H2,1-2H3. The minimum Gasteiger partial charge on any atom is -0.496 e. The van der Waals surface area contributed by atoms with E-state index >= 15 is 0 Å². The summed E-state index contributed by atoms with van der Waals surface area (Å²) in [6, 6.07) is 4.02. The van der Waals surface area contributed by atoms with Gasteiger partial charge in [0.1, 0.15) is 11.5 Å². The summed E-state index contributed by atoms with van der Waals surface area (Å²) in [5.41, 5.74) is 6.65. The van der Waals surface area contributed by atoms with Crippen molar-refractivity contribution in [3.63, 3.8) is 0 Å². The molecular weight excluding hydrogens is 305 g/mol. The number of ether oxygens (including phenoxy) is 2. The van der Waals surface area contributed by atoms with Crippen LogP contribution in [0.5, 0.6) is 11.5 Å². The first-order valence-corrected chi connectivity index (χ1v) is 5.91. The van der Waals surface area contributed by atoms with Crippen LogP contribution in [0.4, 0.5) is 0 Å². The molecule has 0 saturated heterocycles. The van der Waals surface area contributed by atoms with Crippen LogP contribution in [0.1, 0.15) is 12.0 Å². The van der Waals surface area contributed by atoms with Gasteiger partial charge in [0.05, 0.1) is 17.8 Å². The van der Waals surface area contributed by atoms with E-state index in [9.17, 15) is 0 Å². The van der Waals surface area contributed by atoms with Crippen LogP contribution in [-0.2, 0) is 6.42 Å². The van der Waals surface area contributed by atoms with Crippen molar-refractivity contribution in [2.75, 3.05) is 20.8 Å². The van der Waals surface area contributed by atoms with Gasteiger partial charge in [0.25, 0.3) is 0 Å². The minimum atomic E-state index is 0.692. The molecule has 1 aromatic carbocycles. The molecule has 0 aliphatic carbocycles. The number of aryl methyl sites for hydroxylation is 1. The Balaban J connectivity index is 2.99. The zero-order chi connectivity index (χ0) is 11.3. The topological polar surface area (TPSA) is 44.5 Å². The van der Waals surface area contributed by atoms with E-state index in [4.69, 9.17) is 15.2 Å². The maximum Gasteiger partial charge on any atom is 0.132 e. The molecule has 0 aromatic heterocycles. The lowest BCUT2D eigenvalue weighted by Crippen LogP contribution is -2.02. The number of hydrogen-bond donors (Lipinski definition) is 1. The fourth-order valence-electron chi connectivity index (χ4n) is 1.41. The summed E-state index contributed by atoms with van der Waals surface area (Å²) in [5, 5.41) is 0. The van der Waals surface area contributed by atoms with Crippen LogP contribution in [0, 0.1) is 3.57 Å². The smallest absolute Gasteiger partial charge is 0.132 e. The Morgan fingerprint density at radius 3 is 2.40 bits per heavy atom. The molecule has 0 amide bonds. The summed E-state index contributed by atoms with van der Waals surface area (Å²) < 4.78 is 11.7. The van der Waals surface area contributed by atoms with Gasteiger partial charge in [-0.05, 0) is 59.7 Å². The molecule has 15 heavy (non-hydrogen) atoms. The number of hydrogen-bond acceptors (Lipinski definition) is 3. The van der Waals surface area contributed by atoms with E-state index < -0.39 is 0 Å². The zero-order valence-corrected chi connectivity index (χ0v) is 11.2. The van der Waals surface area contributed by atoms with E-state index in [-0.39, 0.29) is 0 Å². The molecule has 84 valence electrons. The van der Waals surface area contributed by atoms with E-state index in [1.54, 1.807) is 14.2 Å². The van der Waals surface area contributed by atoms with E-state index in [2.05, 4.69) is 22.6 Å². The van der Waals surface area contributed by atoms with Gasteiger partial charge in [0.15, 0.2) is 0 Å². The average Bonchev–Trinajstić information content (AvgIpc) is 2.26. The van der Waals surface area contributed by atoms with Crippen LogP contribution >= 0.6 is 22.6 Å². The van der Waals surface area contributed by atoms with Crippen LogP contribution < -0.4 is 15.2 Å². The number of rotatable bonds is 5. The third-order valence-corrected chi connectivity index (χ3v) is 3.05. The molecule has 0 aliphatic heterocycles. The van der Waals surface area contributed by atoms with E-state index in [0.29, 0.717) is 6.54 Å². The van der Waals surface area contributed by atoms with E-state index in [0.717, 1.165) is 33.5 Å². The summed E-state index contributed by atoms with van der Waals surface area (Å²) >= 11 is 2.23. The quantitative estimate of drug-likeness (QED) is 0.846. The Bertz CT molecular complexity index is 329. The maximum atomic E-state index is 5.49. The maximum absolute atomic E-state index is 5.49. The molecule has 4 heteroatoms. The van der Waals surface area contributed by atoms with Gasteiger partial charge < -0.3 is 15.2 Å². The average molecular weight is 321 g/mol. The first-order chi connectivity index (χ1) is 7.22. The lowest BCUT2D eigenvalue weighted by molar-refractivity contribution is 0.396. The molecule has 0 fully saturated rings. The Morgan fingerprint density at radius 2 is 1.87 bits per heavy atom. The van der Waals surface area contributed by atoms with E-state index in [1.807, 2.05) is 12.1 Å². The van der Waals surface area contributed by atoms with Crippen molar-refractivity contribution >= 4 is 22.6 Å². The predicted octanol–water partition coefficient (Wildman–Crippen LogP) is 2.20. The highest BCUT2D eigenvalue weighted by Crippen LogP contribution is 2.30. The minimum absolute atomic E-state index is 0.692. The van der Waals surface area contributed by atoms with Crippen molar-refractivity contribution in [1.29, 1.82) is 0 Å². The summed E-state index contributed by atoms with van der Waals surface area (Å²) in [6.07, 6.45) is 1.88. The second-order valence-electron chi connectivity index (χ2n) is 3.19. The second kappa shape index (κ2) is 6.17. The molecule has 0 saturated carbocycles. The second-order valence-corrected chi connectivity index (χ2v) is 4.35. The molecule has 0 spiro atoms. The molecule has 3 nitrogen and oxygen atoms in total. The van der Waals surface area contributed by atoms with Gasteiger partial charge in [-0.25, -0.2) is 0 Å². The van der Waals surface area contributed by atoms with E-state index in [1.165, 1.54) is 0 Å². The summed E-state index contributed by atoms with van der Waals surface area (Å²) in [7, 11) is 3.36. The van der Waals surface area contributed by atoms with Crippen LogP contribution in [0.2, 0.25) is 0 Å². The SMILES string of the molecule is COc1cc(CCCN)c(OC)cc1I. The van der Waals surface area contributed by atoms with Crippen LogP contribution in [-0.4, -0.2) is 20.8 Å². The molecule has 2 N–H and O–H groups in total. The summed E-state index contributed by atoms with van der Waals surface area (Å²) in [6.45, 7) is 0.692. The Morgan fingerprint density at radius 1 is 1.20 bits per heavy atom. The van der Waals surface area contributed by atoms with Crippen LogP contribution in [0.3, 0.4) is 0 Å². The van der Waals surface area contributed by atoms with Crippen molar-refractivity contribution < 1.29 is 9.47 Å². The zero-order valence-electron chi connectivity index (χ0n) is 9.05. The molecule has 0 radical (unpaired) electrons. The van der Waals surface area contributed by atoms with Gasteiger partial charge >= 0.3 is 0 Å². The van der Waals surface area contributed by atoms with Crippen LogP contribution in [0.25, 0.3) is 0 Å². The number of nitrogens with two attached hydrogens (primary N) is 1. The number of halogens is 1. The van der Waals surface area contributed by atoms with Crippen molar-refractivity contribution in [2.24, 2.45) is 5.73 Å². The molecule has 0 aliphatic rings. The van der Waals surface area contributed by atoms with Gasteiger partial charge in [-0.2, -0.15) is 0 Å². The number of methoxy groups -OCH3 is 2. The molecule has 0 bridgehead atoms. The first-order valence-electron chi connectivity index (χ1n) is 4.83. The van der Waals surface area contributed by atoms with Gasteiger partial charge in [0.2, 0.25) is 0 Å². The molecule has 0 atom stereocenters. The molecular formula is C11H16INO2. The van der Waals surface area contributed by atoms with Gasteiger partial charge in [-0.15, -0.1) is 0 Å². The van der Waals surface area contributed by atoms with Gasteiger partial charge in [-0.1, -0.05) is 0 Å². The highest BCUT2D eigenvalue weighted by Gasteiger charge is 2.08. The van der Waals surface area contributed by atoms with Crippen molar-refractivity contribution in [1.82, 2.24) is 0 Å².